The molecule has 1 aliphatic carbocycles. The molecule has 1 atom stereocenters. The van der Waals surface area contributed by atoms with Crippen LogP contribution in [-0.4, -0.2) is 95.9 Å². The molecule has 234 valence electrons. The van der Waals surface area contributed by atoms with Crippen LogP contribution in [0.2, 0.25) is 0 Å². The minimum Gasteiger partial charge on any atom is -0.378 e. The summed E-state index contributed by atoms with van der Waals surface area (Å²) in [5, 5.41) is 6.24. The zero-order valence-electron chi connectivity index (χ0n) is 25.6. The molecular formula is C34H43N5O4S. The van der Waals surface area contributed by atoms with E-state index >= 15 is 0 Å². The van der Waals surface area contributed by atoms with Crippen LogP contribution in [0.5, 0.6) is 0 Å². The van der Waals surface area contributed by atoms with Gasteiger partial charge in [-0.15, -0.1) is 11.3 Å². The lowest BCUT2D eigenvalue weighted by molar-refractivity contribution is -0.139. The minimum atomic E-state index is -0.0685. The topological polar surface area (TPSA) is 95.1 Å². The maximum absolute atomic E-state index is 14.2. The number of aromatic nitrogens is 1. The van der Waals surface area contributed by atoms with Crippen molar-refractivity contribution in [2.24, 2.45) is 5.92 Å². The second-order valence-corrected chi connectivity index (χ2v) is 13.3. The number of thiophene rings is 1. The first-order valence-corrected chi connectivity index (χ1v) is 17.0. The predicted octanol–water partition coefficient (Wildman–Crippen LogP) is 4.56. The van der Waals surface area contributed by atoms with Gasteiger partial charge < -0.3 is 19.9 Å². The number of amides is 3. The van der Waals surface area contributed by atoms with E-state index in [4.69, 9.17) is 9.72 Å². The number of para-hydroxylation sites is 1. The molecule has 0 radical (unpaired) electrons. The van der Waals surface area contributed by atoms with Crippen molar-refractivity contribution in [2.75, 3.05) is 52.5 Å². The highest BCUT2D eigenvalue weighted by Crippen LogP contribution is 2.34. The van der Waals surface area contributed by atoms with E-state index in [2.05, 4.69) is 17.1 Å². The smallest absolute Gasteiger partial charge is 0.252 e. The molecule has 1 aromatic carbocycles. The molecule has 44 heavy (non-hydrogen) atoms. The van der Waals surface area contributed by atoms with E-state index in [0.717, 1.165) is 39.9 Å². The Labute approximate surface area is 263 Å². The summed E-state index contributed by atoms with van der Waals surface area (Å²) in [7, 11) is 0. The monoisotopic (exact) mass is 617 g/mol. The van der Waals surface area contributed by atoms with E-state index < -0.39 is 0 Å². The van der Waals surface area contributed by atoms with Crippen molar-refractivity contribution in [3.05, 3.63) is 52.9 Å². The number of carbonyl (C=O) groups is 3. The molecule has 3 fully saturated rings. The Morgan fingerprint density at radius 2 is 1.84 bits per heavy atom. The third-order valence-electron chi connectivity index (χ3n) is 9.43. The summed E-state index contributed by atoms with van der Waals surface area (Å²) in [5.74, 6) is 0.502. The van der Waals surface area contributed by atoms with Crippen molar-refractivity contribution >= 4 is 40.0 Å². The molecule has 4 heterocycles. The SMILES string of the molecule is C[C@H](NC(=O)c1c(CN2CCN(CCC(=O)N3CCOCC3)C(=O)C2)c(-c2cccs2)nc2ccccc12)C1CCCCC1. The van der Waals surface area contributed by atoms with Gasteiger partial charge in [-0.3, -0.25) is 19.3 Å². The first-order chi connectivity index (χ1) is 21.5. The molecule has 2 aromatic heterocycles. The average Bonchev–Trinajstić information content (AvgIpc) is 3.60. The van der Waals surface area contributed by atoms with Gasteiger partial charge in [-0.25, -0.2) is 4.98 Å². The Hall–Kier alpha value is -3.34. The number of nitrogens with zero attached hydrogens (tertiary/aromatic N) is 4. The molecule has 9 nitrogen and oxygen atoms in total. The largest absolute Gasteiger partial charge is 0.378 e. The molecule has 6 rings (SSSR count). The molecule has 0 spiro atoms. The van der Waals surface area contributed by atoms with Crippen LogP contribution < -0.4 is 5.32 Å². The number of nitrogens with one attached hydrogen (secondary N) is 1. The lowest BCUT2D eigenvalue weighted by atomic mass is 9.84. The Balaban J connectivity index is 1.23. The number of carbonyl (C=O) groups excluding carboxylic acids is 3. The fourth-order valence-electron chi connectivity index (χ4n) is 6.87. The van der Waals surface area contributed by atoms with Gasteiger partial charge in [0.05, 0.1) is 41.4 Å². The number of ether oxygens (including phenoxy) is 1. The molecule has 0 unspecified atom stereocenters. The fraction of sp³-hybridized carbons (Fsp3) is 0.529. The van der Waals surface area contributed by atoms with Crippen LogP contribution >= 0.6 is 11.3 Å². The van der Waals surface area contributed by atoms with E-state index in [0.29, 0.717) is 70.4 Å². The highest BCUT2D eigenvalue weighted by atomic mass is 32.1. The number of pyridine rings is 1. The summed E-state index contributed by atoms with van der Waals surface area (Å²) in [6.07, 6.45) is 6.34. The van der Waals surface area contributed by atoms with Crippen molar-refractivity contribution < 1.29 is 19.1 Å². The molecule has 3 amide bonds. The van der Waals surface area contributed by atoms with Crippen LogP contribution in [-0.2, 0) is 20.9 Å². The van der Waals surface area contributed by atoms with Gasteiger partial charge in [0.2, 0.25) is 11.8 Å². The van der Waals surface area contributed by atoms with Crippen molar-refractivity contribution in [1.29, 1.82) is 0 Å². The molecular weight excluding hydrogens is 574 g/mol. The van der Waals surface area contributed by atoms with Crippen LogP contribution in [0.4, 0.5) is 0 Å². The van der Waals surface area contributed by atoms with Crippen molar-refractivity contribution in [2.45, 2.75) is 58.0 Å². The Morgan fingerprint density at radius 1 is 1.05 bits per heavy atom. The zero-order chi connectivity index (χ0) is 30.5. The summed E-state index contributed by atoms with van der Waals surface area (Å²) < 4.78 is 5.35. The van der Waals surface area contributed by atoms with Crippen molar-refractivity contribution in [3.8, 4) is 10.6 Å². The molecule has 3 aliphatic rings. The first-order valence-electron chi connectivity index (χ1n) is 16.1. The molecule has 2 saturated heterocycles. The van der Waals surface area contributed by atoms with Gasteiger partial charge >= 0.3 is 0 Å². The van der Waals surface area contributed by atoms with Gasteiger partial charge in [0.25, 0.3) is 5.91 Å². The van der Waals surface area contributed by atoms with Gasteiger partial charge in [-0.1, -0.05) is 43.5 Å². The molecule has 10 heteroatoms. The third-order valence-corrected chi connectivity index (χ3v) is 10.3. The van der Waals surface area contributed by atoms with E-state index in [1.807, 2.05) is 46.7 Å². The first kappa shape index (κ1) is 30.7. The van der Waals surface area contributed by atoms with Crippen molar-refractivity contribution in [1.82, 2.24) is 25.0 Å². The third kappa shape index (κ3) is 6.98. The second-order valence-electron chi connectivity index (χ2n) is 12.3. The standard InChI is InChI=1S/C34H43N5O4S/c1-24(25-8-3-2-4-9-25)35-34(42)32-26-10-5-6-11-28(26)36-33(29-12-7-21-44-29)27(32)22-37-15-16-38(31(41)23-37)14-13-30(40)39-17-19-43-20-18-39/h5-7,10-12,21,24-25H,2-4,8-9,13-20,22-23H2,1H3,(H,35,42)/t24-/m0/s1. The van der Waals surface area contributed by atoms with Crippen LogP contribution in [0.15, 0.2) is 41.8 Å². The van der Waals surface area contributed by atoms with Crippen LogP contribution in [0.1, 0.15) is 61.4 Å². The number of benzene rings is 1. The van der Waals surface area contributed by atoms with Gasteiger partial charge in [0.1, 0.15) is 0 Å². The maximum atomic E-state index is 14.2. The lowest BCUT2D eigenvalue weighted by Crippen LogP contribution is -2.51. The molecule has 0 bridgehead atoms. The molecule has 3 aromatic rings. The summed E-state index contributed by atoms with van der Waals surface area (Å²) in [4.78, 5) is 52.0. The average molecular weight is 618 g/mol. The van der Waals surface area contributed by atoms with Crippen LogP contribution in [0.3, 0.4) is 0 Å². The number of hydrogen-bond donors (Lipinski definition) is 1. The minimum absolute atomic E-state index is 0.00868. The highest BCUT2D eigenvalue weighted by Gasteiger charge is 2.30. The van der Waals surface area contributed by atoms with E-state index in [1.54, 1.807) is 16.2 Å². The van der Waals surface area contributed by atoms with Gasteiger partial charge in [0, 0.05) is 62.7 Å². The number of rotatable bonds is 9. The van der Waals surface area contributed by atoms with E-state index in [1.165, 1.54) is 19.3 Å². The summed E-state index contributed by atoms with van der Waals surface area (Å²) >= 11 is 1.61. The van der Waals surface area contributed by atoms with E-state index in [-0.39, 0.29) is 30.3 Å². The predicted molar refractivity (Wildman–Crippen MR) is 172 cm³/mol. The fourth-order valence-corrected chi connectivity index (χ4v) is 7.61. The summed E-state index contributed by atoms with van der Waals surface area (Å²) in [6, 6.07) is 12.0. The normalized spacial score (nSPS) is 19.3. The Bertz CT molecular complexity index is 1470. The summed E-state index contributed by atoms with van der Waals surface area (Å²) in [6.45, 7) is 6.81. The number of fused-ring (bicyclic) bond motifs is 1. The highest BCUT2D eigenvalue weighted by molar-refractivity contribution is 7.13. The molecule has 1 N–H and O–H groups in total. The van der Waals surface area contributed by atoms with Crippen LogP contribution in [0, 0.1) is 5.92 Å². The Morgan fingerprint density at radius 3 is 2.59 bits per heavy atom. The second kappa shape index (κ2) is 14.2. The number of morpholine rings is 1. The van der Waals surface area contributed by atoms with Gasteiger partial charge in [-0.05, 0) is 43.2 Å². The Kier molecular flexibility index (Phi) is 9.88. The number of hydrogen-bond acceptors (Lipinski definition) is 7. The molecule has 1 saturated carbocycles. The van der Waals surface area contributed by atoms with E-state index in [9.17, 15) is 14.4 Å². The summed E-state index contributed by atoms with van der Waals surface area (Å²) in [5.41, 5.74) is 3.12. The van der Waals surface area contributed by atoms with Crippen LogP contribution in [0.25, 0.3) is 21.5 Å². The zero-order valence-corrected chi connectivity index (χ0v) is 26.4. The number of piperazine rings is 1. The van der Waals surface area contributed by atoms with Gasteiger partial charge in [0.15, 0.2) is 0 Å². The van der Waals surface area contributed by atoms with Gasteiger partial charge in [-0.2, -0.15) is 0 Å². The van der Waals surface area contributed by atoms with Crippen molar-refractivity contribution in [3.63, 3.8) is 0 Å². The quantitative estimate of drug-likeness (QED) is 0.379. The molecule has 2 aliphatic heterocycles. The lowest BCUT2D eigenvalue weighted by Gasteiger charge is -2.35. The maximum Gasteiger partial charge on any atom is 0.252 e.